The van der Waals surface area contributed by atoms with Crippen molar-refractivity contribution < 1.29 is 4.79 Å². The van der Waals surface area contributed by atoms with E-state index in [0.29, 0.717) is 0 Å². The molecule has 3 aliphatic rings. The molecule has 3 aliphatic heterocycles. The summed E-state index contributed by atoms with van der Waals surface area (Å²) >= 11 is 0. The Balaban J connectivity index is 2.29. The monoisotopic (exact) mass is 84.0 g/mol. The molecule has 0 saturated carbocycles. The summed E-state index contributed by atoms with van der Waals surface area (Å²) in [5, 5.41) is 0. The second-order valence-electron chi connectivity index (χ2n) is 1.65. The minimum Gasteiger partial charge on any atom is -0.289 e. The van der Waals surface area contributed by atoms with Gasteiger partial charge in [-0.15, -0.1) is 0 Å². The molecule has 3 fully saturated rings. The van der Waals surface area contributed by atoms with Crippen LogP contribution >= 0.6 is 0 Å². The lowest BCUT2D eigenvalue weighted by Crippen LogP contribution is -2.75. The van der Waals surface area contributed by atoms with Gasteiger partial charge >= 0.3 is 6.03 Å². The molecule has 2 amide bonds. The van der Waals surface area contributed by atoms with Gasteiger partial charge in [-0.25, -0.2) is 4.79 Å². The van der Waals surface area contributed by atoms with Crippen LogP contribution in [0.2, 0.25) is 0 Å². The topological polar surface area (TPSA) is 23.6 Å². The Morgan fingerprint density at radius 1 is 1.33 bits per heavy atom. The fourth-order valence-electron chi connectivity index (χ4n) is 0.657. The molecule has 3 saturated heterocycles. The first-order valence-electron chi connectivity index (χ1n) is 1.92. The zero-order valence-corrected chi connectivity index (χ0v) is 3.22. The molecule has 0 aromatic heterocycles. The van der Waals surface area contributed by atoms with E-state index >= 15 is 0 Å². The highest BCUT2D eigenvalue weighted by molar-refractivity contribution is 5.84. The molecule has 0 unspecified atom stereocenters. The van der Waals surface area contributed by atoms with Crippen molar-refractivity contribution in [1.82, 2.24) is 9.80 Å². The predicted molar refractivity (Wildman–Crippen MR) is 18.8 cm³/mol. The van der Waals surface area contributed by atoms with Crippen molar-refractivity contribution in [2.75, 3.05) is 13.3 Å². The summed E-state index contributed by atoms with van der Waals surface area (Å²) in [6.45, 7) is 1.78. The van der Waals surface area contributed by atoms with Gasteiger partial charge in [-0.1, -0.05) is 0 Å². The van der Waals surface area contributed by atoms with E-state index in [4.69, 9.17) is 0 Å². The summed E-state index contributed by atoms with van der Waals surface area (Å²) in [7, 11) is 0. The van der Waals surface area contributed by atoms with Crippen LogP contribution in [0, 0.1) is 0 Å². The van der Waals surface area contributed by atoms with Gasteiger partial charge in [0.05, 0.1) is 0 Å². The summed E-state index contributed by atoms with van der Waals surface area (Å²) in [5.41, 5.74) is 0. The summed E-state index contributed by atoms with van der Waals surface area (Å²) < 4.78 is 0. The fraction of sp³-hybridized carbons (Fsp3) is 0.667. The maximum atomic E-state index is 10.1. The third-order valence-electron chi connectivity index (χ3n) is 1.22. The molecule has 6 heavy (non-hydrogen) atoms. The van der Waals surface area contributed by atoms with Crippen molar-refractivity contribution >= 4 is 6.03 Å². The van der Waals surface area contributed by atoms with Crippen LogP contribution in [0.5, 0.6) is 0 Å². The van der Waals surface area contributed by atoms with E-state index in [9.17, 15) is 4.79 Å². The number of hydrogen-bond donors (Lipinski definition) is 0. The molecule has 0 spiro atoms. The van der Waals surface area contributed by atoms with Crippen LogP contribution in [0.1, 0.15) is 0 Å². The Bertz CT molecular complexity index is 95.4. The molecule has 0 N–H and O–H groups in total. The van der Waals surface area contributed by atoms with Crippen molar-refractivity contribution in [3.05, 3.63) is 0 Å². The van der Waals surface area contributed by atoms with E-state index in [1.54, 1.807) is 9.80 Å². The summed E-state index contributed by atoms with van der Waals surface area (Å²) in [6.07, 6.45) is 0. The average Bonchev–Trinajstić information content (AvgIpc) is 1.28. The van der Waals surface area contributed by atoms with Gasteiger partial charge < -0.3 is 0 Å². The number of urea groups is 1. The zero-order chi connectivity index (χ0) is 4.15. The zero-order valence-electron chi connectivity index (χ0n) is 3.22. The van der Waals surface area contributed by atoms with E-state index in [1.165, 1.54) is 0 Å². The van der Waals surface area contributed by atoms with Gasteiger partial charge in [-0.05, 0) is 0 Å². The van der Waals surface area contributed by atoms with E-state index in [2.05, 4.69) is 0 Å². The Morgan fingerprint density at radius 3 is 1.67 bits per heavy atom. The summed E-state index contributed by atoms with van der Waals surface area (Å²) in [5.74, 6) is 0. The van der Waals surface area contributed by atoms with Gasteiger partial charge in [-0.3, -0.25) is 9.80 Å². The number of nitrogens with zero attached hydrogens (tertiary/aromatic N) is 2. The maximum Gasteiger partial charge on any atom is 0.325 e. The average molecular weight is 84.1 g/mol. The highest BCUT2D eigenvalue weighted by atomic mass is 16.2. The van der Waals surface area contributed by atoms with E-state index < -0.39 is 0 Å². The maximum absolute atomic E-state index is 10.1. The Kier molecular flexibility index (Phi) is 0.176. The summed E-state index contributed by atoms with van der Waals surface area (Å²) in [4.78, 5) is 13.7. The van der Waals surface area contributed by atoms with Crippen LogP contribution in [0.15, 0.2) is 0 Å². The van der Waals surface area contributed by atoms with Crippen molar-refractivity contribution in [3.63, 3.8) is 0 Å². The molecule has 3 heterocycles. The Morgan fingerprint density at radius 2 is 1.67 bits per heavy atom. The molecular formula is C3H4N2O. The third-order valence-corrected chi connectivity index (χ3v) is 1.22. The highest BCUT2D eigenvalue weighted by Crippen LogP contribution is 2.23. The normalized spacial score (nSPS) is 26.3. The van der Waals surface area contributed by atoms with Crippen LogP contribution < -0.4 is 0 Å². The lowest BCUT2D eigenvalue weighted by molar-refractivity contribution is -0.0736. The second kappa shape index (κ2) is 0.433. The molecule has 0 aromatic carbocycles. The molecule has 0 radical (unpaired) electrons. The van der Waals surface area contributed by atoms with Gasteiger partial charge in [0, 0.05) is 0 Å². The number of hydrogen-bond acceptors (Lipinski definition) is 1. The molecule has 32 valence electrons. The van der Waals surface area contributed by atoms with E-state index in [0.717, 1.165) is 13.3 Å². The smallest absolute Gasteiger partial charge is 0.289 e. The SMILES string of the molecule is O=C1N2CN1C2. The van der Waals surface area contributed by atoms with Gasteiger partial charge in [0.15, 0.2) is 0 Å². The molecule has 3 heteroatoms. The minimum absolute atomic E-state index is 0.204. The molecule has 3 rings (SSSR count). The van der Waals surface area contributed by atoms with E-state index in [1.807, 2.05) is 0 Å². The lowest BCUT2D eigenvalue weighted by Gasteiger charge is -2.55. The van der Waals surface area contributed by atoms with Crippen LogP contribution in [-0.2, 0) is 0 Å². The Labute approximate surface area is 35.1 Å². The Hall–Kier alpha value is -0.730. The van der Waals surface area contributed by atoms with Gasteiger partial charge in [0.25, 0.3) is 0 Å². The van der Waals surface area contributed by atoms with Crippen molar-refractivity contribution in [2.45, 2.75) is 0 Å². The van der Waals surface area contributed by atoms with Gasteiger partial charge in [0.1, 0.15) is 13.3 Å². The first-order valence-corrected chi connectivity index (χ1v) is 1.92. The predicted octanol–water partition coefficient (Wildman–Crippen LogP) is -0.347. The molecule has 0 aliphatic carbocycles. The standard InChI is InChI=1S/C3H4N2O/c6-3-4-1-5(3)2-4/h1-2H2. The van der Waals surface area contributed by atoms with E-state index in [-0.39, 0.29) is 6.03 Å². The van der Waals surface area contributed by atoms with Crippen LogP contribution in [-0.4, -0.2) is 29.2 Å². The minimum atomic E-state index is 0.204. The first-order chi connectivity index (χ1) is 2.88. The second-order valence-corrected chi connectivity index (χ2v) is 1.65. The fourth-order valence-corrected chi connectivity index (χ4v) is 0.657. The largest absolute Gasteiger partial charge is 0.325 e. The van der Waals surface area contributed by atoms with Crippen molar-refractivity contribution in [2.24, 2.45) is 0 Å². The molecule has 0 atom stereocenters. The van der Waals surface area contributed by atoms with Crippen LogP contribution in [0.4, 0.5) is 4.79 Å². The van der Waals surface area contributed by atoms with Gasteiger partial charge in [-0.2, -0.15) is 0 Å². The molecule has 0 aromatic rings. The first kappa shape index (κ1) is 2.44. The molecule has 2 bridgehead atoms. The van der Waals surface area contributed by atoms with Gasteiger partial charge in [0.2, 0.25) is 0 Å². The molecule has 3 nitrogen and oxygen atoms in total. The number of carbonyl (C=O) groups excluding carboxylic acids is 1. The summed E-state index contributed by atoms with van der Waals surface area (Å²) in [6, 6.07) is 0.204. The quantitative estimate of drug-likeness (QED) is 0.393. The van der Waals surface area contributed by atoms with Crippen molar-refractivity contribution in [1.29, 1.82) is 0 Å². The lowest BCUT2D eigenvalue weighted by atomic mass is 10.3. The number of amides is 2. The van der Waals surface area contributed by atoms with Crippen molar-refractivity contribution in [3.8, 4) is 0 Å². The van der Waals surface area contributed by atoms with Crippen LogP contribution in [0.25, 0.3) is 0 Å². The number of rotatable bonds is 0. The number of carbonyl (C=O) groups is 1. The van der Waals surface area contributed by atoms with Crippen LogP contribution in [0.3, 0.4) is 0 Å². The highest BCUT2D eigenvalue weighted by Gasteiger charge is 2.45. The third kappa shape index (κ3) is 0.0723. The molecular weight excluding hydrogens is 80.0 g/mol.